The molecule has 5 heteroatoms. The highest BCUT2D eigenvalue weighted by atomic mass is 16.6. The van der Waals surface area contributed by atoms with Gasteiger partial charge in [-0.3, -0.25) is 10.1 Å². The molecule has 0 heterocycles. The van der Waals surface area contributed by atoms with E-state index in [0.717, 1.165) is 10.8 Å². The van der Waals surface area contributed by atoms with E-state index in [1.165, 1.54) is 0 Å². The minimum Gasteiger partial charge on any atom is -0.508 e. The highest BCUT2D eigenvalue weighted by Crippen LogP contribution is 2.30. The lowest BCUT2D eigenvalue weighted by Crippen LogP contribution is -2.04. The lowest BCUT2D eigenvalue weighted by atomic mass is 10.0. The van der Waals surface area contributed by atoms with Gasteiger partial charge in [-0.05, 0) is 29.0 Å². The number of hydrogen-bond donors (Lipinski definition) is 1. The number of nitro groups is 1. The van der Waals surface area contributed by atoms with Crippen molar-refractivity contribution in [2.45, 2.75) is 6.42 Å². The summed E-state index contributed by atoms with van der Waals surface area (Å²) in [6.45, 7) is -0.196. The second kappa shape index (κ2) is 4.91. The summed E-state index contributed by atoms with van der Waals surface area (Å²) in [7, 11) is 1.58. The number of aromatic hydroxyl groups is 1. The summed E-state index contributed by atoms with van der Waals surface area (Å²) in [6, 6.07) is 8.74. The van der Waals surface area contributed by atoms with Crippen molar-refractivity contribution in [3.05, 3.63) is 46.0 Å². The van der Waals surface area contributed by atoms with Gasteiger partial charge in [-0.1, -0.05) is 12.1 Å². The van der Waals surface area contributed by atoms with E-state index in [1.807, 2.05) is 12.1 Å². The fraction of sp³-hybridized carbons (Fsp3) is 0.231. The van der Waals surface area contributed by atoms with Crippen molar-refractivity contribution < 1.29 is 14.8 Å². The van der Waals surface area contributed by atoms with Crippen molar-refractivity contribution in [2.24, 2.45) is 0 Å². The molecule has 0 saturated heterocycles. The molecule has 0 aliphatic carbocycles. The van der Waals surface area contributed by atoms with Crippen LogP contribution in [0.1, 0.15) is 5.56 Å². The van der Waals surface area contributed by atoms with Gasteiger partial charge in [0.2, 0.25) is 6.54 Å². The third-order valence-corrected chi connectivity index (χ3v) is 2.86. The number of methoxy groups -OCH3 is 1. The normalized spacial score (nSPS) is 10.5. The van der Waals surface area contributed by atoms with Crippen molar-refractivity contribution in [3.63, 3.8) is 0 Å². The number of benzene rings is 2. The Balaban J connectivity index is 2.49. The second-order valence-electron chi connectivity index (χ2n) is 3.96. The van der Waals surface area contributed by atoms with E-state index in [4.69, 9.17) is 4.74 Å². The minimum absolute atomic E-state index is 0.0921. The molecule has 2 rings (SSSR count). The van der Waals surface area contributed by atoms with Gasteiger partial charge < -0.3 is 9.84 Å². The van der Waals surface area contributed by atoms with Crippen molar-refractivity contribution in [2.75, 3.05) is 13.7 Å². The van der Waals surface area contributed by atoms with Gasteiger partial charge in [-0.25, -0.2) is 0 Å². The average molecular weight is 247 g/mol. The van der Waals surface area contributed by atoms with Gasteiger partial charge in [0.15, 0.2) is 0 Å². The maximum atomic E-state index is 10.4. The number of fused-ring (bicyclic) bond motifs is 1. The zero-order chi connectivity index (χ0) is 13.1. The van der Waals surface area contributed by atoms with Gasteiger partial charge in [0.25, 0.3) is 0 Å². The van der Waals surface area contributed by atoms with Crippen molar-refractivity contribution >= 4 is 10.8 Å². The second-order valence-corrected chi connectivity index (χ2v) is 3.96. The molecular weight excluding hydrogens is 234 g/mol. The summed E-state index contributed by atoms with van der Waals surface area (Å²) >= 11 is 0. The Morgan fingerprint density at radius 2 is 2.11 bits per heavy atom. The molecule has 0 unspecified atom stereocenters. The Bertz CT molecular complexity index is 595. The zero-order valence-electron chi connectivity index (χ0n) is 9.92. The fourth-order valence-corrected chi connectivity index (χ4v) is 1.95. The number of ether oxygens (including phenoxy) is 1. The molecule has 0 aromatic heterocycles. The smallest absolute Gasteiger partial charge is 0.208 e. The minimum atomic E-state index is -0.387. The molecule has 0 aliphatic heterocycles. The summed E-state index contributed by atoms with van der Waals surface area (Å²) in [5.74, 6) is 0.808. The van der Waals surface area contributed by atoms with E-state index in [2.05, 4.69) is 0 Å². The van der Waals surface area contributed by atoms with E-state index in [-0.39, 0.29) is 23.6 Å². The molecule has 0 saturated carbocycles. The van der Waals surface area contributed by atoms with Gasteiger partial charge in [0.05, 0.1) is 7.11 Å². The van der Waals surface area contributed by atoms with Gasteiger partial charge in [0.1, 0.15) is 11.5 Å². The molecule has 2 aromatic rings. The Hall–Kier alpha value is -2.30. The predicted octanol–water partition coefficient (Wildman–Crippen LogP) is 2.37. The van der Waals surface area contributed by atoms with Crippen LogP contribution in [0.25, 0.3) is 10.8 Å². The lowest BCUT2D eigenvalue weighted by Gasteiger charge is -2.08. The third kappa shape index (κ3) is 2.34. The molecule has 2 aromatic carbocycles. The van der Waals surface area contributed by atoms with Crippen LogP contribution in [0.4, 0.5) is 0 Å². The molecule has 0 amide bonds. The Labute approximate surface area is 104 Å². The maximum absolute atomic E-state index is 10.4. The molecule has 0 radical (unpaired) electrons. The molecule has 0 atom stereocenters. The summed E-state index contributed by atoms with van der Waals surface area (Å²) in [5.41, 5.74) is 0.604. The average Bonchev–Trinajstić information content (AvgIpc) is 2.36. The predicted molar refractivity (Wildman–Crippen MR) is 67.7 cm³/mol. The molecule has 0 aliphatic rings. The number of nitrogens with zero attached hydrogens (tertiary/aromatic N) is 1. The number of phenolic OH excluding ortho intramolecular Hbond substituents is 1. The first-order chi connectivity index (χ1) is 8.61. The molecule has 0 spiro atoms. The zero-order valence-corrected chi connectivity index (χ0v) is 9.92. The number of rotatable bonds is 4. The van der Waals surface area contributed by atoms with Gasteiger partial charge in [-0.15, -0.1) is 0 Å². The highest BCUT2D eigenvalue weighted by molar-refractivity contribution is 5.88. The molecule has 0 fully saturated rings. The Morgan fingerprint density at radius 3 is 2.78 bits per heavy atom. The first kappa shape index (κ1) is 12.2. The van der Waals surface area contributed by atoms with E-state index in [9.17, 15) is 15.2 Å². The van der Waals surface area contributed by atoms with Crippen LogP contribution in [0, 0.1) is 10.1 Å². The largest absolute Gasteiger partial charge is 0.508 e. The van der Waals surface area contributed by atoms with Gasteiger partial charge in [-0.2, -0.15) is 0 Å². The molecule has 18 heavy (non-hydrogen) atoms. The van der Waals surface area contributed by atoms with Crippen LogP contribution in [-0.4, -0.2) is 23.7 Å². The Morgan fingerprint density at radius 1 is 1.33 bits per heavy atom. The SMILES string of the molecule is COc1ccc2c(CC[N+](=O)[O-])c(O)ccc2c1. The monoisotopic (exact) mass is 247 g/mol. The van der Waals surface area contributed by atoms with Crippen molar-refractivity contribution in [1.82, 2.24) is 0 Å². The highest BCUT2D eigenvalue weighted by Gasteiger charge is 2.10. The first-order valence-corrected chi connectivity index (χ1v) is 5.52. The lowest BCUT2D eigenvalue weighted by molar-refractivity contribution is -0.479. The van der Waals surface area contributed by atoms with Crippen LogP contribution in [0.15, 0.2) is 30.3 Å². The number of hydrogen-bond acceptors (Lipinski definition) is 4. The summed E-state index contributed by atoms with van der Waals surface area (Å²) in [4.78, 5) is 10.0. The van der Waals surface area contributed by atoms with Crippen LogP contribution in [0.3, 0.4) is 0 Å². The third-order valence-electron chi connectivity index (χ3n) is 2.86. The van der Waals surface area contributed by atoms with Crippen LogP contribution >= 0.6 is 0 Å². The van der Waals surface area contributed by atoms with Crippen molar-refractivity contribution in [1.29, 1.82) is 0 Å². The molecular formula is C13H13NO4. The molecule has 5 nitrogen and oxygen atoms in total. The molecule has 94 valence electrons. The van der Waals surface area contributed by atoms with E-state index >= 15 is 0 Å². The van der Waals surface area contributed by atoms with Crippen LogP contribution in [-0.2, 0) is 6.42 Å². The van der Waals surface area contributed by atoms with Gasteiger partial charge in [0, 0.05) is 16.9 Å². The first-order valence-electron chi connectivity index (χ1n) is 5.52. The fourth-order valence-electron chi connectivity index (χ4n) is 1.95. The summed E-state index contributed by atoms with van der Waals surface area (Å²) in [5, 5.41) is 21.9. The van der Waals surface area contributed by atoms with Crippen molar-refractivity contribution in [3.8, 4) is 11.5 Å². The molecule has 1 N–H and O–H groups in total. The molecule has 0 bridgehead atoms. The standard InChI is InChI=1S/C13H13NO4/c1-18-10-3-4-11-9(8-10)2-5-13(15)12(11)6-7-14(16)17/h2-5,8,15H,6-7H2,1H3. The topological polar surface area (TPSA) is 72.6 Å². The van der Waals surface area contributed by atoms with E-state index < -0.39 is 0 Å². The quantitative estimate of drug-likeness (QED) is 0.665. The maximum Gasteiger partial charge on any atom is 0.208 e. The van der Waals surface area contributed by atoms with E-state index in [1.54, 1.807) is 25.3 Å². The number of phenols is 1. The summed E-state index contributed by atoms with van der Waals surface area (Å²) < 4.78 is 5.12. The summed E-state index contributed by atoms with van der Waals surface area (Å²) in [6.07, 6.45) is 0.211. The van der Waals surface area contributed by atoms with Crippen LogP contribution < -0.4 is 4.74 Å². The van der Waals surface area contributed by atoms with Crippen LogP contribution in [0.5, 0.6) is 11.5 Å². The van der Waals surface area contributed by atoms with Crippen LogP contribution in [0.2, 0.25) is 0 Å². The Kier molecular flexibility index (Phi) is 3.32. The van der Waals surface area contributed by atoms with Gasteiger partial charge >= 0.3 is 0 Å². The van der Waals surface area contributed by atoms with E-state index in [0.29, 0.717) is 11.3 Å².